The summed E-state index contributed by atoms with van der Waals surface area (Å²) in [6.45, 7) is 1.89. The van der Waals surface area contributed by atoms with Gasteiger partial charge >= 0.3 is 0 Å². The first-order chi connectivity index (χ1) is 9.61. The van der Waals surface area contributed by atoms with Crippen molar-refractivity contribution in [3.05, 3.63) is 11.6 Å². The van der Waals surface area contributed by atoms with Crippen LogP contribution in [0.2, 0.25) is 0 Å². The molecule has 0 aromatic rings. The lowest BCUT2D eigenvalue weighted by Gasteiger charge is -2.25. The molecule has 2 aliphatic carbocycles. The predicted molar refractivity (Wildman–Crippen MR) is 77.3 cm³/mol. The smallest absolute Gasteiger partial charge is 0.151 e. The average Bonchev–Trinajstić information content (AvgIpc) is 2.39. The molecular weight excluding hydrogens is 252 g/mol. The Bertz CT molecular complexity index is 408. The molecule has 0 aromatic heterocycles. The van der Waals surface area contributed by atoms with E-state index < -0.39 is 5.92 Å². The Morgan fingerprint density at radius 1 is 1.10 bits per heavy atom. The van der Waals surface area contributed by atoms with Gasteiger partial charge in [0.25, 0.3) is 0 Å². The number of rotatable bonds is 4. The van der Waals surface area contributed by atoms with E-state index in [4.69, 9.17) is 0 Å². The normalized spacial score (nSPS) is 27.6. The first-order valence-corrected chi connectivity index (χ1v) is 7.89. The first-order valence-electron chi connectivity index (χ1n) is 7.89. The molecule has 0 bridgehead atoms. The Kier molecular flexibility index (Phi) is 5.27. The minimum Gasteiger partial charge on any atom is -0.298 e. The maximum absolute atomic E-state index is 12.1. The summed E-state index contributed by atoms with van der Waals surface area (Å²) in [6.07, 6.45) is 9.87. The molecule has 0 heterocycles. The fraction of sp³-hybridized carbons (Fsp3) is 0.706. The van der Waals surface area contributed by atoms with Crippen LogP contribution in [0.3, 0.4) is 0 Å². The fourth-order valence-electron chi connectivity index (χ4n) is 3.38. The molecule has 2 saturated carbocycles. The van der Waals surface area contributed by atoms with Crippen LogP contribution in [-0.2, 0) is 14.4 Å². The Morgan fingerprint density at radius 2 is 1.70 bits per heavy atom. The van der Waals surface area contributed by atoms with E-state index in [-0.39, 0.29) is 23.3 Å². The second-order valence-corrected chi connectivity index (χ2v) is 6.14. The van der Waals surface area contributed by atoms with E-state index >= 15 is 0 Å². The lowest BCUT2D eigenvalue weighted by atomic mass is 9.76. The molecular formula is C17H24O3. The molecule has 110 valence electrons. The molecule has 0 aliphatic heterocycles. The van der Waals surface area contributed by atoms with Crippen molar-refractivity contribution in [3.63, 3.8) is 0 Å². The third-order valence-electron chi connectivity index (χ3n) is 4.36. The molecule has 0 unspecified atom stereocenters. The van der Waals surface area contributed by atoms with Gasteiger partial charge in [0.1, 0.15) is 5.92 Å². The number of hydrogen-bond acceptors (Lipinski definition) is 3. The largest absolute Gasteiger partial charge is 0.298 e. The molecule has 0 amide bonds. The molecule has 0 saturated heterocycles. The fourth-order valence-corrected chi connectivity index (χ4v) is 3.38. The molecule has 20 heavy (non-hydrogen) atoms. The van der Waals surface area contributed by atoms with Crippen LogP contribution in [0.25, 0.3) is 0 Å². The molecule has 0 spiro atoms. The van der Waals surface area contributed by atoms with E-state index in [1.54, 1.807) is 0 Å². The summed E-state index contributed by atoms with van der Waals surface area (Å²) in [4.78, 5) is 36.1. The van der Waals surface area contributed by atoms with Crippen LogP contribution in [0.5, 0.6) is 0 Å². The summed E-state index contributed by atoms with van der Waals surface area (Å²) in [5.41, 5.74) is 1.40. The summed E-state index contributed by atoms with van der Waals surface area (Å²) in [6, 6.07) is 0. The van der Waals surface area contributed by atoms with Gasteiger partial charge in [0.05, 0.1) is 0 Å². The summed E-state index contributed by atoms with van der Waals surface area (Å²) in [5.74, 6) is -1.40. The van der Waals surface area contributed by atoms with Crippen LogP contribution in [0.1, 0.15) is 64.7 Å². The molecule has 0 radical (unpaired) electrons. The number of Topliss-reactive ketones (excluding diaryl/α,β-unsaturated/α-hetero) is 3. The van der Waals surface area contributed by atoms with E-state index in [0.29, 0.717) is 25.7 Å². The lowest BCUT2D eigenvalue weighted by molar-refractivity contribution is -0.143. The quantitative estimate of drug-likeness (QED) is 0.584. The topological polar surface area (TPSA) is 51.2 Å². The minimum absolute atomic E-state index is 0.0359. The van der Waals surface area contributed by atoms with Crippen molar-refractivity contribution >= 4 is 17.3 Å². The van der Waals surface area contributed by atoms with Gasteiger partial charge in [-0.15, -0.1) is 0 Å². The van der Waals surface area contributed by atoms with Crippen molar-refractivity contribution in [2.45, 2.75) is 64.7 Å². The van der Waals surface area contributed by atoms with Crippen LogP contribution >= 0.6 is 0 Å². The van der Waals surface area contributed by atoms with Crippen molar-refractivity contribution in [2.24, 2.45) is 11.8 Å². The molecule has 2 aliphatic rings. The molecule has 0 atom stereocenters. The Labute approximate surface area is 120 Å². The number of allylic oxidation sites excluding steroid dienone is 2. The molecule has 0 aromatic carbocycles. The number of ketones is 3. The van der Waals surface area contributed by atoms with Gasteiger partial charge in [0.2, 0.25) is 0 Å². The standard InChI is InChI=1S/C17H24O3/c1-2-6-14(18)17-15(19)10-13(11-16(17)20)9-12-7-4-3-5-8-12/h9,13,17H,2-8,10-11H2,1H3. The zero-order valence-corrected chi connectivity index (χ0v) is 12.3. The van der Waals surface area contributed by atoms with Crippen molar-refractivity contribution in [1.82, 2.24) is 0 Å². The highest BCUT2D eigenvalue weighted by atomic mass is 16.2. The number of hydrogen-bond donors (Lipinski definition) is 0. The summed E-state index contributed by atoms with van der Waals surface area (Å²) in [5, 5.41) is 0. The van der Waals surface area contributed by atoms with Crippen LogP contribution < -0.4 is 0 Å². The number of carbonyl (C=O) groups excluding carboxylic acids is 3. The number of carbonyl (C=O) groups is 3. The van der Waals surface area contributed by atoms with E-state index in [1.807, 2.05) is 6.92 Å². The van der Waals surface area contributed by atoms with E-state index in [2.05, 4.69) is 6.08 Å². The zero-order chi connectivity index (χ0) is 14.5. The van der Waals surface area contributed by atoms with Crippen molar-refractivity contribution in [2.75, 3.05) is 0 Å². The maximum atomic E-state index is 12.1. The molecule has 2 rings (SSSR count). The molecule has 3 nitrogen and oxygen atoms in total. The van der Waals surface area contributed by atoms with Crippen molar-refractivity contribution < 1.29 is 14.4 Å². The highest BCUT2D eigenvalue weighted by Crippen LogP contribution is 2.30. The van der Waals surface area contributed by atoms with Crippen molar-refractivity contribution in [1.29, 1.82) is 0 Å². The SMILES string of the molecule is CCCC(=O)C1C(=O)CC(C=C2CCCCC2)CC1=O. The van der Waals surface area contributed by atoms with Gasteiger partial charge < -0.3 is 0 Å². The van der Waals surface area contributed by atoms with E-state index in [1.165, 1.54) is 24.8 Å². The molecule has 2 fully saturated rings. The monoisotopic (exact) mass is 276 g/mol. The van der Waals surface area contributed by atoms with Crippen LogP contribution in [0.4, 0.5) is 0 Å². The Balaban J connectivity index is 2.00. The van der Waals surface area contributed by atoms with Gasteiger partial charge in [-0.25, -0.2) is 0 Å². The van der Waals surface area contributed by atoms with Crippen LogP contribution in [0, 0.1) is 11.8 Å². The van der Waals surface area contributed by atoms with Gasteiger partial charge in [-0.05, 0) is 38.0 Å². The molecule has 0 N–H and O–H groups in total. The second-order valence-electron chi connectivity index (χ2n) is 6.14. The minimum atomic E-state index is -0.948. The summed E-state index contributed by atoms with van der Waals surface area (Å²) >= 11 is 0. The Hall–Kier alpha value is -1.25. The Morgan fingerprint density at radius 3 is 2.25 bits per heavy atom. The third-order valence-corrected chi connectivity index (χ3v) is 4.36. The second kappa shape index (κ2) is 6.96. The maximum Gasteiger partial charge on any atom is 0.151 e. The highest BCUT2D eigenvalue weighted by molar-refractivity contribution is 6.20. The van der Waals surface area contributed by atoms with Gasteiger partial charge in [0.15, 0.2) is 17.3 Å². The van der Waals surface area contributed by atoms with Crippen molar-refractivity contribution in [3.8, 4) is 0 Å². The lowest BCUT2D eigenvalue weighted by Crippen LogP contribution is -2.38. The van der Waals surface area contributed by atoms with Gasteiger partial charge in [-0.1, -0.05) is 25.0 Å². The highest BCUT2D eigenvalue weighted by Gasteiger charge is 2.38. The van der Waals surface area contributed by atoms with Gasteiger partial charge in [-0.2, -0.15) is 0 Å². The average molecular weight is 276 g/mol. The van der Waals surface area contributed by atoms with Gasteiger partial charge in [0, 0.05) is 19.3 Å². The molecule has 3 heteroatoms. The van der Waals surface area contributed by atoms with E-state index in [9.17, 15) is 14.4 Å². The third kappa shape index (κ3) is 3.65. The zero-order valence-electron chi connectivity index (χ0n) is 12.3. The predicted octanol–water partition coefficient (Wildman–Crippen LogP) is 3.41. The van der Waals surface area contributed by atoms with E-state index in [0.717, 1.165) is 12.8 Å². The summed E-state index contributed by atoms with van der Waals surface area (Å²) < 4.78 is 0. The van der Waals surface area contributed by atoms with Crippen LogP contribution in [-0.4, -0.2) is 17.3 Å². The van der Waals surface area contributed by atoms with Gasteiger partial charge in [-0.3, -0.25) is 14.4 Å². The first kappa shape index (κ1) is 15.1. The van der Waals surface area contributed by atoms with Crippen LogP contribution in [0.15, 0.2) is 11.6 Å². The summed E-state index contributed by atoms with van der Waals surface area (Å²) in [7, 11) is 0.